The molecule has 1 aromatic carbocycles. The summed E-state index contributed by atoms with van der Waals surface area (Å²) in [5, 5.41) is 0.645. The van der Waals surface area contributed by atoms with E-state index in [9.17, 15) is 3.83 Å². The molecule has 1 unspecified atom stereocenters. The summed E-state index contributed by atoms with van der Waals surface area (Å²) < 4.78 is 12.6. The van der Waals surface area contributed by atoms with Crippen molar-refractivity contribution >= 4 is 19.9 Å². The van der Waals surface area contributed by atoms with E-state index in [-0.39, 0.29) is 17.1 Å². The van der Waals surface area contributed by atoms with Gasteiger partial charge in [-0.2, -0.15) is 0 Å². The average molecular weight is 468 g/mol. The standard InChI is InChI=1S/C18H22NOSe.C5H5.Fe/c1-15(19(2)3)17-12-7-13-18(17)21(20)14-8-11-16-9-5-4-6-10-16;1-2-4-5-3-1;/h4-13,15H,14H2,1-3H3;1-5H;/q;;+2/b11-8-;;/t15-,21?;;/m0../s1. The molecule has 142 valence electrons. The van der Waals surface area contributed by atoms with Crippen LogP contribution in [0.15, 0.2) is 36.4 Å². The zero-order valence-corrected chi connectivity index (χ0v) is 18.9. The van der Waals surface area contributed by atoms with Gasteiger partial charge in [0.15, 0.2) is 0 Å². The minimum Gasteiger partial charge on any atom is -0.0312 e. The fourth-order valence-electron chi connectivity index (χ4n) is 2.49. The molecule has 2 atom stereocenters. The van der Waals surface area contributed by atoms with Gasteiger partial charge in [0.2, 0.25) is 0 Å². The molecule has 0 bridgehead atoms. The largest absolute Gasteiger partial charge is 2.00 e. The van der Waals surface area contributed by atoms with Crippen LogP contribution >= 0.6 is 0 Å². The summed E-state index contributed by atoms with van der Waals surface area (Å²) in [5.41, 5.74) is 1.15. The number of hydrogen-bond donors (Lipinski definition) is 0. The Hall–Kier alpha value is -0.241. The van der Waals surface area contributed by atoms with Gasteiger partial charge in [0.25, 0.3) is 0 Å². The van der Waals surface area contributed by atoms with Crippen molar-refractivity contribution in [3.05, 3.63) is 104 Å². The molecule has 0 amide bonds. The van der Waals surface area contributed by atoms with Crippen LogP contribution in [0.1, 0.15) is 12.5 Å². The first-order valence-electron chi connectivity index (χ1n) is 8.78. The molecule has 0 spiro atoms. The molecule has 4 heteroatoms. The molecule has 2 fully saturated rings. The first kappa shape index (κ1) is 24.8. The van der Waals surface area contributed by atoms with Gasteiger partial charge in [0.05, 0.1) is 0 Å². The minimum absolute atomic E-state index is 0. The first-order chi connectivity index (χ1) is 12.6. The maximum Gasteiger partial charge on any atom is 2.00 e. The molecular formula is C23H27FeNOSe+2. The quantitative estimate of drug-likeness (QED) is 0.577. The van der Waals surface area contributed by atoms with E-state index in [0.717, 1.165) is 10.4 Å². The van der Waals surface area contributed by atoms with Crippen molar-refractivity contribution in [3.63, 3.8) is 0 Å². The van der Waals surface area contributed by atoms with Crippen LogP contribution in [0, 0.1) is 62.1 Å². The summed E-state index contributed by atoms with van der Waals surface area (Å²) in [7, 11) is 4.10. The molecule has 0 aromatic heterocycles. The van der Waals surface area contributed by atoms with Crippen molar-refractivity contribution < 1.29 is 20.9 Å². The molecule has 10 radical (unpaired) electrons. The van der Waals surface area contributed by atoms with E-state index in [2.05, 4.69) is 44.5 Å². The predicted molar refractivity (Wildman–Crippen MR) is 111 cm³/mol. The Labute approximate surface area is 181 Å². The first-order valence-corrected chi connectivity index (χ1v) is 11.5. The molecule has 27 heavy (non-hydrogen) atoms. The smallest absolute Gasteiger partial charge is 0.0312 e. The van der Waals surface area contributed by atoms with E-state index in [1.807, 2.05) is 75.3 Å². The third kappa shape index (κ3) is 8.75. The van der Waals surface area contributed by atoms with Gasteiger partial charge in [-0.15, -0.1) is 0 Å². The molecule has 3 rings (SSSR count). The van der Waals surface area contributed by atoms with Crippen molar-refractivity contribution in [1.82, 2.24) is 4.90 Å². The van der Waals surface area contributed by atoms with Crippen molar-refractivity contribution in [2.75, 3.05) is 14.1 Å². The molecule has 2 saturated carbocycles. The van der Waals surface area contributed by atoms with Crippen LogP contribution in [-0.2, 0) is 20.9 Å². The van der Waals surface area contributed by atoms with Crippen LogP contribution < -0.4 is 0 Å². The normalized spacial score (nSPS) is 20.3. The molecule has 0 saturated heterocycles. The van der Waals surface area contributed by atoms with Gasteiger partial charge in [-0.05, 0) is 32.1 Å². The molecule has 0 N–H and O–H groups in total. The van der Waals surface area contributed by atoms with Crippen molar-refractivity contribution in [2.45, 2.75) is 18.3 Å². The number of rotatable bonds is 6. The Kier molecular flexibility index (Phi) is 12.7. The van der Waals surface area contributed by atoms with Crippen LogP contribution in [-0.4, -0.2) is 38.9 Å². The molecule has 0 aliphatic heterocycles. The second-order valence-electron chi connectivity index (χ2n) is 6.27. The van der Waals surface area contributed by atoms with Crippen molar-refractivity contribution in [2.24, 2.45) is 0 Å². The fourth-order valence-corrected chi connectivity index (χ4v) is 4.98. The van der Waals surface area contributed by atoms with Gasteiger partial charge >= 0.3 is 150 Å². The van der Waals surface area contributed by atoms with Crippen molar-refractivity contribution in [1.29, 1.82) is 0 Å². The van der Waals surface area contributed by atoms with Gasteiger partial charge in [0.1, 0.15) is 0 Å². The molecule has 2 nitrogen and oxygen atoms in total. The SMILES string of the molecule is C[C@@H]([C]1[CH][CH][CH][C]1[Se](=O)C/C=C\c1ccccc1)N(C)C.[CH]1[CH][CH][CH][CH]1.[Fe+2]. The number of hydrogen-bond acceptors (Lipinski definition) is 2. The Morgan fingerprint density at radius 3 is 2.11 bits per heavy atom. The van der Waals surface area contributed by atoms with E-state index < -0.39 is 13.8 Å². The number of allylic oxidation sites excluding steroid dienone is 1. The number of benzene rings is 1. The Morgan fingerprint density at radius 1 is 0.963 bits per heavy atom. The Balaban J connectivity index is 0.000000526. The summed E-state index contributed by atoms with van der Waals surface area (Å²) in [6, 6.07) is 10.4. The molecule has 2 aliphatic carbocycles. The monoisotopic (exact) mass is 469 g/mol. The Bertz CT molecular complexity index is 549. The van der Waals surface area contributed by atoms with Crippen LogP contribution in [0.2, 0.25) is 5.32 Å². The zero-order valence-electron chi connectivity index (χ0n) is 16.1. The number of nitrogens with zero attached hydrogens (tertiary/aromatic N) is 1. The third-order valence-corrected chi connectivity index (χ3v) is 7.04. The summed E-state index contributed by atoms with van der Waals surface area (Å²) in [5.74, 6) is 1.20. The van der Waals surface area contributed by atoms with E-state index >= 15 is 0 Å². The van der Waals surface area contributed by atoms with Crippen LogP contribution in [0.3, 0.4) is 0 Å². The summed E-state index contributed by atoms with van der Waals surface area (Å²) in [6.07, 6.45) is 20.2. The van der Waals surface area contributed by atoms with E-state index in [1.54, 1.807) is 0 Å². The third-order valence-electron chi connectivity index (χ3n) is 4.19. The molecule has 2 aliphatic rings. The van der Waals surface area contributed by atoms with E-state index in [4.69, 9.17) is 0 Å². The van der Waals surface area contributed by atoms with E-state index in [0.29, 0.717) is 11.4 Å². The van der Waals surface area contributed by atoms with Crippen molar-refractivity contribution in [3.8, 4) is 0 Å². The topological polar surface area (TPSA) is 20.3 Å². The second-order valence-corrected chi connectivity index (χ2v) is 9.34. The van der Waals surface area contributed by atoms with Gasteiger partial charge in [-0.25, -0.2) is 0 Å². The fraction of sp³-hybridized carbons (Fsp3) is 0.217. The molecule has 1 aromatic rings. The average Bonchev–Trinajstić information content (AvgIpc) is 3.36. The molecule has 0 heterocycles. The van der Waals surface area contributed by atoms with Crippen LogP contribution in [0.4, 0.5) is 0 Å². The van der Waals surface area contributed by atoms with E-state index in [1.165, 1.54) is 5.92 Å². The van der Waals surface area contributed by atoms with Gasteiger partial charge < -0.3 is 0 Å². The Morgan fingerprint density at radius 2 is 1.56 bits per heavy atom. The van der Waals surface area contributed by atoms with Crippen LogP contribution in [0.25, 0.3) is 6.08 Å². The van der Waals surface area contributed by atoms with Gasteiger partial charge in [-0.3, -0.25) is 0 Å². The maximum atomic E-state index is 12.6. The summed E-state index contributed by atoms with van der Waals surface area (Å²) in [6.45, 7) is 2.15. The molecular weight excluding hydrogens is 441 g/mol. The summed E-state index contributed by atoms with van der Waals surface area (Å²) >= 11 is -2.01. The predicted octanol–water partition coefficient (Wildman–Crippen LogP) is 4.41. The van der Waals surface area contributed by atoms with Gasteiger partial charge in [-0.1, -0.05) is 0 Å². The van der Waals surface area contributed by atoms with Gasteiger partial charge in [0, 0.05) is 0 Å². The summed E-state index contributed by atoms with van der Waals surface area (Å²) in [4.78, 5) is 3.20. The maximum absolute atomic E-state index is 12.6. The zero-order chi connectivity index (χ0) is 18.8. The minimum atomic E-state index is -2.01. The second kappa shape index (κ2) is 13.9. The van der Waals surface area contributed by atoms with Crippen LogP contribution in [0.5, 0.6) is 0 Å².